The number of halogens is 5. The molecule has 0 radical (unpaired) electrons. The Morgan fingerprint density at radius 3 is 2.56 bits per heavy atom. The van der Waals surface area contributed by atoms with Crippen LogP contribution in [0.1, 0.15) is 42.1 Å². The van der Waals surface area contributed by atoms with Crippen LogP contribution in [-0.2, 0) is 20.4 Å². The number of ether oxygens (including phenoxy) is 3. The molecule has 0 saturated carbocycles. The molecular weight excluding hydrogens is 588 g/mol. The molecule has 41 heavy (non-hydrogen) atoms. The van der Waals surface area contributed by atoms with Gasteiger partial charge in [0.25, 0.3) is 0 Å². The number of hydrogen-bond acceptors (Lipinski definition) is 8. The van der Waals surface area contributed by atoms with Crippen LogP contribution in [0.4, 0.5) is 13.2 Å². The highest BCUT2D eigenvalue weighted by Gasteiger charge is 2.54. The summed E-state index contributed by atoms with van der Waals surface area (Å²) in [7, 11) is 1.45. The van der Waals surface area contributed by atoms with Gasteiger partial charge in [0.15, 0.2) is 12.1 Å². The third-order valence-corrected chi connectivity index (χ3v) is 7.23. The standard InChI is InChI=1S/C26H27Cl2F3N6O4/c1-13(27)36(35-32-3)20-21(38)23(40-19-12-39-25(41-22(19)20)15-7-5-4-6-8-15)24-33-14(2)34-37(24)18-11-16(28)9-10-17(18)26(29,30)31/h4-11,13,19-23,25,38H,12H2,1-3H3/b35-32-/t13?,19-,20-,21-,22+,23-,25?/m1/s1. The Balaban J connectivity index is 1.59. The van der Waals surface area contributed by atoms with E-state index in [1.54, 1.807) is 6.92 Å². The SMILES string of the molecule is C/N=N\N(C(C)Cl)[C@@H]1[C@@H](O)[C@H](c2nc(C)nn2-c2cc(Cl)ccc2C(F)(F)F)O[C@@H]2COC(c3ccccc3)O[C@H]12. The van der Waals surface area contributed by atoms with E-state index in [-0.39, 0.29) is 29.0 Å². The molecule has 1 N–H and O–H groups in total. The Bertz CT molecular complexity index is 1390. The molecular formula is C26H27Cl2F3N6O4. The van der Waals surface area contributed by atoms with Crippen LogP contribution >= 0.6 is 23.2 Å². The van der Waals surface area contributed by atoms with E-state index in [0.717, 1.165) is 28.4 Å². The van der Waals surface area contributed by atoms with Gasteiger partial charge in [0.1, 0.15) is 41.8 Å². The monoisotopic (exact) mass is 614 g/mol. The van der Waals surface area contributed by atoms with Gasteiger partial charge in [0.05, 0.1) is 24.9 Å². The molecule has 2 aliphatic heterocycles. The zero-order chi connectivity index (χ0) is 29.5. The molecule has 7 atom stereocenters. The summed E-state index contributed by atoms with van der Waals surface area (Å²) in [6, 6.07) is 11.4. The second-order valence-corrected chi connectivity index (χ2v) is 10.7. The van der Waals surface area contributed by atoms with Gasteiger partial charge in [-0.2, -0.15) is 23.4 Å². The van der Waals surface area contributed by atoms with E-state index in [4.69, 9.17) is 37.4 Å². The lowest BCUT2D eigenvalue weighted by molar-refractivity contribution is -0.323. The molecule has 0 amide bonds. The maximum Gasteiger partial charge on any atom is 0.418 e. The maximum absolute atomic E-state index is 14.0. The summed E-state index contributed by atoms with van der Waals surface area (Å²) in [4.78, 5) is 4.37. The molecule has 3 heterocycles. The quantitative estimate of drug-likeness (QED) is 0.171. The van der Waals surface area contributed by atoms with Crippen molar-refractivity contribution in [2.75, 3.05) is 13.7 Å². The van der Waals surface area contributed by atoms with E-state index >= 15 is 0 Å². The predicted molar refractivity (Wildman–Crippen MR) is 141 cm³/mol. The van der Waals surface area contributed by atoms with Crippen LogP contribution < -0.4 is 0 Å². The molecule has 2 fully saturated rings. The zero-order valence-corrected chi connectivity index (χ0v) is 23.6. The van der Waals surface area contributed by atoms with Gasteiger partial charge in [-0.1, -0.05) is 58.8 Å². The third kappa shape index (κ3) is 5.92. The van der Waals surface area contributed by atoms with Crippen LogP contribution in [0, 0.1) is 6.92 Å². The zero-order valence-electron chi connectivity index (χ0n) is 22.1. The fourth-order valence-electron chi connectivity index (χ4n) is 5.10. The summed E-state index contributed by atoms with van der Waals surface area (Å²) in [5.74, 6) is 0.0747. The summed E-state index contributed by atoms with van der Waals surface area (Å²) < 4.78 is 61.5. The van der Waals surface area contributed by atoms with E-state index in [9.17, 15) is 18.3 Å². The fraction of sp³-hybridized carbons (Fsp3) is 0.462. The van der Waals surface area contributed by atoms with Gasteiger partial charge in [-0.25, -0.2) is 9.67 Å². The van der Waals surface area contributed by atoms with Gasteiger partial charge in [-0.15, -0.1) is 0 Å². The van der Waals surface area contributed by atoms with E-state index in [1.165, 1.54) is 19.0 Å². The number of benzene rings is 2. The number of aliphatic hydroxyl groups is 1. The minimum Gasteiger partial charge on any atom is -0.388 e. The molecule has 2 saturated heterocycles. The predicted octanol–water partition coefficient (Wildman–Crippen LogP) is 5.42. The Kier molecular flexibility index (Phi) is 8.56. The van der Waals surface area contributed by atoms with Crippen molar-refractivity contribution in [2.45, 2.75) is 62.3 Å². The topological polar surface area (TPSA) is 107 Å². The number of alkyl halides is 4. The largest absolute Gasteiger partial charge is 0.418 e. The molecule has 0 bridgehead atoms. The molecule has 15 heteroatoms. The number of rotatable bonds is 6. The van der Waals surface area contributed by atoms with Crippen LogP contribution in [0.15, 0.2) is 58.9 Å². The minimum atomic E-state index is -4.72. The normalized spacial score (nSPS) is 27.5. The second kappa shape index (κ2) is 11.8. The summed E-state index contributed by atoms with van der Waals surface area (Å²) in [6.07, 6.45) is -9.83. The van der Waals surface area contributed by atoms with E-state index in [0.29, 0.717) is 0 Å². The number of hydrogen-bond donors (Lipinski definition) is 1. The summed E-state index contributed by atoms with van der Waals surface area (Å²) in [6.45, 7) is 3.20. The van der Waals surface area contributed by atoms with Crippen molar-refractivity contribution in [3.05, 3.63) is 76.3 Å². The molecule has 2 unspecified atom stereocenters. The molecule has 220 valence electrons. The van der Waals surface area contributed by atoms with E-state index in [1.807, 2.05) is 30.3 Å². The smallest absolute Gasteiger partial charge is 0.388 e. The lowest BCUT2D eigenvalue weighted by Crippen LogP contribution is -2.64. The van der Waals surface area contributed by atoms with E-state index in [2.05, 4.69) is 20.4 Å². The first-order chi connectivity index (χ1) is 19.5. The molecule has 3 aromatic rings. The third-order valence-electron chi connectivity index (χ3n) is 6.80. The Morgan fingerprint density at radius 1 is 1.17 bits per heavy atom. The first-order valence-electron chi connectivity index (χ1n) is 12.7. The molecule has 0 aliphatic carbocycles. The van der Waals surface area contributed by atoms with Crippen molar-refractivity contribution in [1.82, 2.24) is 19.8 Å². The molecule has 0 spiro atoms. The van der Waals surface area contributed by atoms with Crippen molar-refractivity contribution in [3.8, 4) is 5.69 Å². The highest BCUT2D eigenvalue weighted by molar-refractivity contribution is 6.30. The van der Waals surface area contributed by atoms with Crippen molar-refractivity contribution < 1.29 is 32.5 Å². The number of aliphatic hydroxyl groups excluding tert-OH is 1. The van der Waals surface area contributed by atoms with Crippen LogP contribution in [0.2, 0.25) is 5.02 Å². The van der Waals surface area contributed by atoms with E-state index < -0.39 is 54.0 Å². The first kappa shape index (κ1) is 29.7. The fourth-order valence-corrected chi connectivity index (χ4v) is 5.43. The molecule has 2 aliphatic rings. The van der Waals surface area contributed by atoms with Gasteiger partial charge in [-0.05, 0) is 32.0 Å². The van der Waals surface area contributed by atoms with Crippen molar-refractivity contribution >= 4 is 23.2 Å². The van der Waals surface area contributed by atoms with Crippen molar-refractivity contribution in [1.29, 1.82) is 0 Å². The second-order valence-electron chi connectivity index (χ2n) is 9.58. The van der Waals surface area contributed by atoms with Crippen LogP contribution in [0.5, 0.6) is 0 Å². The lowest BCUT2D eigenvalue weighted by atomic mass is 9.90. The number of aryl methyl sites for hydroxylation is 1. The summed E-state index contributed by atoms with van der Waals surface area (Å²) in [5, 5.41) is 25.5. The Morgan fingerprint density at radius 2 is 1.90 bits per heavy atom. The van der Waals surface area contributed by atoms with Crippen LogP contribution in [0.25, 0.3) is 5.69 Å². The van der Waals surface area contributed by atoms with Gasteiger partial charge in [0, 0.05) is 10.6 Å². The minimum absolute atomic E-state index is 0.0375. The molecule has 10 nitrogen and oxygen atoms in total. The number of fused-ring (bicyclic) bond motifs is 1. The average Bonchev–Trinajstić information content (AvgIpc) is 3.32. The highest BCUT2D eigenvalue weighted by Crippen LogP contribution is 2.43. The molecule has 5 rings (SSSR count). The lowest BCUT2D eigenvalue weighted by Gasteiger charge is -2.50. The maximum atomic E-state index is 14.0. The van der Waals surface area contributed by atoms with Crippen molar-refractivity contribution in [2.24, 2.45) is 10.3 Å². The Labute approximate surface area is 243 Å². The number of aromatic nitrogens is 3. The molecule has 2 aromatic carbocycles. The summed E-state index contributed by atoms with van der Waals surface area (Å²) in [5.41, 5.74) is -1.37. The van der Waals surface area contributed by atoms with Gasteiger partial charge < -0.3 is 19.3 Å². The van der Waals surface area contributed by atoms with Gasteiger partial charge in [0.2, 0.25) is 0 Å². The first-order valence-corrected chi connectivity index (χ1v) is 13.5. The van der Waals surface area contributed by atoms with Gasteiger partial charge in [-0.3, -0.25) is 5.01 Å². The van der Waals surface area contributed by atoms with Gasteiger partial charge >= 0.3 is 6.18 Å². The summed E-state index contributed by atoms with van der Waals surface area (Å²) >= 11 is 12.6. The Hall–Kier alpha value is -2.81. The molecule has 1 aromatic heterocycles. The van der Waals surface area contributed by atoms with Crippen LogP contribution in [0.3, 0.4) is 0 Å². The van der Waals surface area contributed by atoms with Crippen molar-refractivity contribution in [3.63, 3.8) is 0 Å². The number of nitrogens with zero attached hydrogens (tertiary/aromatic N) is 6. The average molecular weight is 615 g/mol. The van der Waals surface area contributed by atoms with Crippen LogP contribution in [-0.4, -0.2) is 68.4 Å². The highest BCUT2D eigenvalue weighted by atomic mass is 35.5.